The first-order valence-corrected chi connectivity index (χ1v) is 15.0. The van der Waals surface area contributed by atoms with Gasteiger partial charge in [0, 0.05) is 34.3 Å². The first-order valence-electron chi connectivity index (χ1n) is 14.2. The molecule has 0 heterocycles. The van der Waals surface area contributed by atoms with Gasteiger partial charge in [-0.2, -0.15) is 0 Å². The van der Waals surface area contributed by atoms with Crippen LogP contribution in [0.3, 0.4) is 0 Å². The monoisotopic (exact) mass is 672 g/mol. The summed E-state index contributed by atoms with van der Waals surface area (Å²) in [5.41, 5.74) is 1.31. The van der Waals surface area contributed by atoms with Gasteiger partial charge in [0.05, 0.1) is 13.2 Å². The summed E-state index contributed by atoms with van der Waals surface area (Å²) in [6.07, 6.45) is -7.55. The Morgan fingerprint density at radius 2 is 0.978 bits per heavy atom. The van der Waals surface area contributed by atoms with Gasteiger partial charge in [-0.1, -0.05) is 96.0 Å². The van der Waals surface area contributed by atoms with Crippen molar-refractivity contribution < 1.29 is 38.1 Å². The number of hydrogen-bond acceptors (Lipinski definition) is 6. The molecule has 0 aliphatic heterocycles. The van der Waals surface area contributed by atoms with Crippen LogP contribution in [0.15, 0.2) is 97.1 Å². The van der Waals surface area contributed by atoms with E-state index in [9.17, 15) is 28.6 Å². The lowest BCUT2D eigenvalue weighted by Gasteiger charge is -2.31. The fraction of sp³-hybridized carbons (Fsp3) is 0.235. The number of rotatable bonds is 15. The second-order valence-electron chi connectivity index (χ2n) is 10.3. The van der Waals surface area contributed by atoms with E-state index in [1.807, 2.05) is 0 Å². The molecular formula is C34H32Cl2F2N2O6. The Kier molecular flexibility index (Phi) is 13.0. The second kappa shape index (κ2) is 17.1. The number of nitrogens with one attached hydrogen (secondary N) is 2. The van der Waals surface area contributed by atoms with Gasteiger partial charge in [-0.25, -0.2) is 8.78 Å². The predicted octanol–water partition coefficient (Wildman–Crippen LogP) is 5.10. The lowest BCUT2D eigenvalue weighted by atomic mass is 10.0. The molecule has 0 aliphatic rings. The molecule has 0 spiro atoms. The maximum Gasteiger partial charge on any atom is 0.252 e. The summed E-state index contributed by atoms with van der Waals surface area (Å²) in [6, 6.07) is 25.6. The van der Waals surface area contributed by atoms with E-state index in [1.54, 1.807) is 60.7 Å². The third kappa shape index (κ3) is 9.56. The van der Waals surface area contributed by atoms with Crippen molar-refractivity contribution in [1.29, 1.82) is 0 Å². The molecule has 0 saturated carbocycles. The molecule has 4 aromatic rings. The topological polar surface area (TPSA) is 117 Å². The van der Waals surface area contributed by atoms with E-state index in [0.717, 1.165) is 0 Å². The SMILES string of the molecule is O=C(NCc1c(F)cccc1Cl)C(OCc1ccccc1)C(O)C(O)C(OCc1ccccc1)C(=O)NCc1c(F)cccc1Cl. The van der Waals surface area contributed by atoms with Gasteiger partial charge in [0.2, 0.25) is 0 Å². The van der Waals surface area contributed by atoms with Crippen LogP contribution in [-0.2, 0) is 45.4 Å². The Hall–Kier alpha value is -3.90. The molecule has 2 amide bonds. The molecule has 0 aliphatic carbocycles. The smallest absolute Gasteiger partial charge is 0.252 e. The van der Waals surface area contributed by atoms with Crippen LogP contribution in [0.1, 0.15) is 22.3 Å². The highest BCUT2D eigenvalue weighted by Gasteiger charge is 2.41. The molecule has 8 nitrogen and oxygen atoms in total. The van der Waals surface area contributed by atoms with Gasteiger partial charge in [0.15, 0.2) is 12.2 Å². The third-order valence-corrected chi connectivity index (χ3v) is 7.74. The summed E-state index contributed by atoms with van der Waals surface area (Å²) in [5.74, 6) is -3.14. The van der Waals surface area contributed by atoms with E-state index in [-0.39, 0.29) is 47.5 Å². The van der Waals surface area contributed by atoms with Crippen LogP contribution in [0.4, 0.5) is 8.78 Å². The summed E-state index contributed by atoms with van der Waals surface area (Å²) >= 11 is 12.2. The molecule has 4 unspecified atom stereocenters. The van der Waals surface area contributed by atoms with Crippen molar-refractivity contribution in [2.24, 2.45) is 0 Å². The van der Waals surface area contributed by atoms with Crippen LogP contribution < -0.4 is 10.6 Å². The van der Waals surface area contributed by atoms with E-state index in [1.165, 1.54) is 36.4 Å². The van der Waals surface area contributed by atoms with Crippen LogP contribution in [0.2, 0.25) is 10.0 Å². The zero-order chi connectivity index (χ0) is 33.1. The zero-order valence-corrected chi connectivity index (χ0v) is 25.9. The van der Waals surface area contributed by atoms with Crippen LogP contribution in [0.25, 0.3) is 0 Å². The standard InChI is InChI=1S/C34H32Cl2F2N2O6/c35-25-13-7-15-27(37)23(25)17-39-33(43)31(45-19-21-9-3-1-4-10-21)29(41)30(42)32(46-20-22-11-5-2-6-12-22)34(44)40-18-24-26(36)14-8-16-28(24)38/h1-16,29-32,41-42H,17-20H2,(H,39,43)(H,40,44). The first kappa shape index (κ1) is 35.0. The normalized spacial score (nSPS) is 13.8. The Morgan fingerprint density at radius 3 is 1.33 bits per heavy atom. The van der Waals surface area contributed by atoms with Crippen molar-refractivity contribution in [2.45, 2.75) is 50.7 Å². The fourth-order valence-electron chi connectivity index (χ4n) is 4.49. The van der Waals surface area contributed by atoms with E-state index in [2.05, 4.69) is 10.6 Å². The molecule has 4 aromatic carbocycles. The number of aliphatic hydroxyl groups excluding tert-OH is 2. The van der Waals surface area contributed by atoms with E-state index < -0.39 is 47.9 Å². The van der Waals surface area contributed by atoms with Crippen molar-refractivity contribution in [1.82, 2.24) is 10.6 Å². The molecule has 0 aromatic heterocycles. The Morgan fingerprint density at radius 1 is 0.609 bits per heavy atom. The molecule has 0 radical (unpaired) electrons. The minimum absolute atomic E-state index is 0.00428. The van der Waals surface area contributed by atoms with Gasteiger partial charge in [-0.15, -0.1) is 0 Å². The largest absolute Gasteiger partial charge is 0.387 e. The zero-order valence-electron chi connectivity index (χ0n) is 24.4. The molecule has 4 rings (SSSR count). The van der Waals surface area contributed by atoms with Crippen molar-refractivity contribution >= 4 is 35.0 Å². The minimum Gasteiger partial charge on any atom is -0.387 e. The number of ether oxygens (including phenoxy) is 2. The molecule has 0 bridgehead atoms. The van der Waals surface area contributed by atoms with Crippen molar-refractivity contribution in [2.75, 3.05) is 0 Å². The number of carbonyl (C=O) groups excluding carboxylic acids is 2. The number of hydrogen-bond donors (Lipinski definition) is 4. The molecule has 4 atom stereocenters. The summed E-state index contributed by atoms with van der Waals surface area (Å²) in [6.45, 7) is -1.01. The molecule has 0 saturated heterocycles. The Labute approximate surface area is 274 Å². The van der Waals surface area contributed by atoms with Crippen LogP contribution in [0.5, 0.6) is 0 Å². The molecule has 46 heavy (non-hydrogen) atoms. The summed E-state index contributed by atoms with van der Waals surface area (Å²) < 4.78 is 40.3. The van der Waals surface area contributed by atoms with Crippen LogP contribution in [-0.4, -0.2) is 46.4 Å². The summed E-state index contributed by atoms with van der Waals surface area (Å²) in [5, 5.41) is 27.8. The van der Waals surface area contributed by atoms with Gasteiger partial charge in [-0.3, -0.25) is 9.59 Å². The number of carbonyl (C=O) groups is 2. The van der Waals surface area contributed by atoms with Crippen LogP contribution in [0, 0.1) is 11.6 Å². The molecule has 4 N–H and O–H groups in total. The van der Waals surface area contributed by atoms with Crippen molar-refractivity contribution in [3.63, 3.8) is 0 Å². The van der Waals surface area contributed by atoms with E-state index in [0.29, 0.717) is 11.1 Å². The van der Waals surface area contributed by atoms with E-state index >= 15 is 0 Å². The number of aliphatic hydroxyl groups is 2. The fourth-order valence-corrected chi connectivity index (χ4v) is 4.95. The average molecular weight is 674 g/mol. The minimum atomic E-state index is -2.02. The predicted molar refractivity (Wildman–Crippen MR) is 169 cm³/mol. The first-order chi connectivity index (χ1) is 22.2. The Bertz CT molecular complexity index is 1440. The molecule has 242 valence electrons. The highest BCUT2D eigenvalue weighted by molar-refractivity contribution is 6.31. The van der Waals surface area contributed by atoms with Gasteiger partial charge in [0.25, 0.3) is 11.8 Å². The third-order valence-electron chi connectivity index (χ3n) is 7.03. The average Bonchev–Trinajstić information content (AvgIpc) is 3.05. The van der Waals surface area contributed by atoms with Crippen LogP contribution >= 0.6 is 23.2 Å². The van der Waals surface area contributed by atoms with Gasteiger partial charge >= 0.3 is 0 Å². The number of benzene rings is 4. The van der Waals surface area contributed by atoms with Gasteiger partial charge in [-0.05, 0) is 35.4 Å². The van der Waals surface area contributed by atoms with Gasteiger partial charge < -0.3 is 30.3 Å². The number of amides is 2. The second-order valence-corrected chi connectivity index (χ2v) is 11.1. The summed E-state index contributed by atoms with van der Waals surface area (Å²) in [4.78, 5) is 26.8. The maximum absolute atomic E-state index is 14.4. The Balaban J connectivity index is 1.56. The van der Waals surface area contributed by atoms with Crippen molar-refractivity contribution in [3.05, 3.63) is 141 Å². The molecule has 0 fully saturated rings. The summed E-state index contributed by atoms with van der Waals surface area (Å²) in [7, 11) is 0. The van der Waals surface area contributed by atoms with Crippen molar-refractivity contribution in [3.8, 4) is 0 Å². The van der Waals surface area contributed by atoms with E-state index in [4.69, 9.17) is 32.7 Å². The highest BCUT2D eigenvalue weighted by atomic mass is 35.5. The molecule has 12 heteroatoms. The lowest BCUT2D eigenvalue weighted by Crippen LogP contribution is -2.56. The maximum atomic E-state index is 14.4. The number of halogens is 4. The molecular weight excluding hydrogens is 641 g/mol. The van der Waals surface area contributed by atoms with Gasteiger partial charge in [0.1, 0.15) is 23.8 Å². The quantitative estimate of drug-likeness (QED) is 0.140. The highest BCUT2D eigenvalue weighted by Crippen LogP contribution is 2.21. The lowest BCUT2D eigenvalue weighted by molar-refractivity contribution is -0.170.